The third-order valence-corrected chi connectivity index (χ3v) is 6.13. The number of nitrogens with zero attached hydrogens (tertiary/aromatic N) is 3. The largest absolute Gasteiger partial charge is 0.497 e. The first kappa shape index (κ1) is 20.1. The van der Waals surface area contributed by atoms with Gasteiger partial charge in [-0.2, -0.15) is 0 Å². The molecule has 0 radical (unpaired) electrons. The van der Waals surface area contributed by atoms with Crippen molar-refractivity contribution in [3.05, 3.63) is 59.9 Å². The first-order valence-corrected chi connectivity index (χ1v) is 10.5. The van der Waals surface area contributed by atoms with Crippen LogP contribution in [-0.4, -0.2) is 40.3 Å². The van der Waals surface area contributed by atoms with Gasteiger partial charge in [-0.05, 0) is 29.8 Å². The molecule has 0 fully saturated rings. The van der Waals surface area contributed by atoms with E-state index in [1.54, 1.807) is 14.2 Å². The van der Waals surface area contributed by atoms with Crippen LogP contribution in [-0.2, 0) is 11.2 Å². The Balaban J connectivity index is 1.67. The molecule has 2 atom stereocenters. The molecule has 1 amide bonds. The molecular formula is C21H23N5O3S. The topological polar surface area (TPSA) is 90.3 Å². The van der Waals surface area contributed by atoms with Gasteiger partial charge in [0.05, 0.1) is 25.9 Å². The molecule has 1 aromatic heterocycles. The van der Waals surface area contributed by atoms with E-state index in [-0.39, 0.29) is 11.9 Å². The maximum atomic E-state index is 13.3. The minimum absolute atomic E-state index is 0.148. The highest BCUT2D eigenvalue weighted by molar-refractivity contribution is 8.00. The molecule has 0 saturated heterocycles. The number of benzene rings is 2. The van der Waals surface area contributed by atoms with Gasteiger partial charge < -0.3 is 20.2 Å². The van der Waals surface area contributed by atoms with Gasteiger partial charge in [0, 0.05) is 6.42 Å². The van der Waals surface area contributed by atoms with E-state index in [9.17, 15) is 4.79 Å². The number of fused-ring (bicyclic) bond motifs is 1. The van der Waals surface area contributed by atoms with Gasteiger partial charge >= 0.3 is 0 Å². The number of aromatic nitrogens is 3. The molecule has 3 aromatic rings. The van der Waals surface area contributed by atoms with E-state index in [0.717, 1.165) is 23.6 Å². The average molecular weight is 426 g/mol. The molecule has 1 aliphatic heterocycles. The first-order valence-electron chi connectivity index (χ1n) is 9.60. The van der Waals surface area contributed by atoms with Gasteiger partial charge in [-0.1, -0.05) is 43.0 Å². The first-order chi connectivity index (χ1) is 14.6. The number of methoxy groups -OCH3 is 2. The maximum absolute atomic E-state index is 13.3. The smallest absolute Gasteiger partial charge is 0.240 e. The Kier molecular flexibility index (Phi) is 5.80. The summed E-state index contributed by atoms with van der Waals surface area (Å²) in [6.45, 7) is 2.02. The van der Waals surface area contributed by atoms with Crippen molar-refractivity contribution in [2.45, 2.75) is 29.8 Å². The van der Waals surface area contributed by atoms with Crippen LogP contribution in [0.5, 0.6) is 11.5 Å². The zero-order valence-corrected chi connectivity index (χ0v) is 17.8. The van der Waals surface area contributed by atoms with Crippen LogP contribution in [0.3, 0.4) is 0 Å². The molecule has 0 spiro atoms. The third-order valence-electron chi connectivity index (χ3n) is 4.92. The molecule has 0 bridgehead atoms. The lowest BCUT2D eigenvalue weighted by molar-refractivity contribution is -0.116. The zero-order valence-electron chi connectivity index (χ0n) is 17.0. The SMILES string of the molecule is CCc1nnc2n1N[C@H](c1ccc(OC)cc1)[C@H](C(=O)Nc1ccccc1OC)S2. The Bertz CT molecular complexity index is 1040. The van der Waals surface area contributed by atoms with Crippen LogP contribution in [0.15, 0.2) is 53.7 Å². The van der Waals surface area contributed by atoms with Crippen LogP contribution in [0.1, 0.15) is 24.4 Å². The number of ether oxygens (including phenoxy) is 2. The Morgan fingerprint density at radius 1 is 1.13 bits per heavy atom. The molecule has 2 aromatic carbocycles. The van der Waals surface area contributed by atoms with E-state index < -0.39 is 5.25 Å². The molecule has 8 nitrogen and oxygen atoms in total. The summed E-state index contributed by atoms with van der Waals surface area (Å²) in [5.74, 6) is 2.04. The number of para-hydroxylation sites is 2. The molecule has 2 N–H and O–H groups in total. The molecule has 30 heavy (non-hydrogen) atoms. The minimum atomic E-state index is -0.468. The highest BCUT2D eigenvalue weighted by Crippen LogP contribution is 2.38. The molecule has 1 aliphatic rings. The van der Waals surface area contributed by atoms with Gasteiger partial charge in [0.2, 0.25) is 11.1 Å². The standard InChI is InChI=1S/C21H23N5O3S/c1-4-17-23-24-21-26(17)25-18(13-9-11-14(28-2)12-10-13)19(30-21)20(27)22-15-7-5-6-8-16(15)29-3/h5-12,18-19,25H,4H2,1-3H3,(H,22,27)/t18-,19-/m1/s1. The van der Waals surface area contributed by atoms with Crippen LogP contribution in [0, 0.1) is 0 Å². The summed E-state index contributed by atoms with van der Waals surface area (Å²) >= 11 is 1.39. The Morgan fingerprint density at radius 2 is 1.90 bits per heavy atom. The Morgan fingerprint density at radius 3 is 2.60 bits per heavy atom. The predicted octanol–water partition coefficient (Wildman–Crippen LogP) is 3.26. The van der Waals surface area contributed by atoms with Crippen LogP contribution in [0.4, 0.5) is 5.69 Å². The molecule has 0 aliphatic carbocycles. The minimum Gasteiger partial charge on any atom is -0.497 e. The molecular weight excluding hydrogens is 402 g/mol. The fourth-order valence-corrected chi connectivity index (χ4v) is 4.44. The van der Waals surface area contributed by atoms with E-state index in [0.29, 0.717) is 16.6 Å². The van der Waals surface area contributed by atoms with Crippen molar-refractivity contribution in [1.29, 1.82) is 0 Å². The second-order valence-corrected chi connectivity index (χ2v) is 7.80. The summed E-state index contributed by atoms with van der Waals surface area (Å²) < 4.78 is 12.5. The summed E-state index contributed by atoms with van der Waals surface area (Å²) in [5.41, 5.74) is 5.02. The fourth-order valence-electron chi connectivity index (χ4n) is 3.34. The molecule has 4 rings (SSSR count). The lowest BCUT2D eigenvalue weighted by Crippen LogP contribution is -2.41. The summed E-state index contributed by atoms with van der Waals surface area (Å²) in [5, 5.41) is 11.7. The molecule has 0 saturated carbocycles. The van der Waals surface area contributed by atoms with Crippen molar-refractivity contribution < 1.29 is 14.3 Å². The maximum Gasteiger partial charge on any atom is 0.240 e. The van der Waals surface area contributed by atoms with E-state index in [1.165, 1.54) is 11.8 Å². The summed E-state index contributed by atoms with van der Waals surface area (Å²) in [6, 6.07) is 14.8. The number of anilines is 1. The van der Waals surface area contributed by atoms with Gasteiger partial charge in [0.1, 0.15) is 16.7 Å². The van der Waals surface area contributed by atoms with Crippen molar-refractivity contribution in [3.8, 4) is 11.5 Å². The molecule has 156 valence electrons. The van der Waals surface area contributed by atoms with E-state index in [2.05, 4.69) is 20.9 Å². The summed E-state index contributed by atoms with van der Waals surface area (Å²) in [4.78, 5) is 13.3. The normalized spacial score (nSPS) is 17.6. The quantitative estimate of drug-likeness (QED) is 0.626. The van der Waals surface area contributed by atoms with Crippen molar-refractivity contribution in [1.82, 2.24) is 14.9 Å². The van der Waals surface area contributed by atoms with Crippen LogP contribution >= 0.6 is 11.8 Å². The lowest BCUT2D eigenvalue weighted by atomic mass is 10.0. The fraction of sp³-hybridized carbons (Fsp3) is 0.286. The third kappa shape index (κ3) is 3.80. The van der Waals surface area contributed by atoms with Crippen molar-refractivity contribution >= 4 is 23.4 Å². The van der Waals surface area contributed by atoms with E-state index in [4.69, 9.17) is 9.47 Å². The molecule has 9 heteroatoms. The molecule has 0 unspecified atom stereocenters. The number of hydrogen-bond donors (Lipinski definition) is 2. The lowest BCUT2D eigenvalue weighted by Gasteiger charge is -2.33. The number of amides is 1. The van der Waals surface area contributed by atoms with Crippen LogP contribution < -0.4 is 20.2 Å². The second-order valence-electron chi connectivity index (χ2n) is 6.70. The van der Waals surface area contributed by atoms with E-state index >= 15 is 0 Å². The van der Waals surface area contributed by atoms with Crippen LogP contribution in [0.2, 0.25) is 0 Å². The number of nitrogens with one attached hydrogen (secondary N) is 2. The Hall–Kier alpha value is -3.20. The van der Waals surface area contributed by atoms with Gasteiger partial charge in [-0.25, -0.2) is 4.68 Å². The zero-order chi connectivity index (χ0) is 21.1. The monoisotopic (exact) mass is 425 g/mol. The number of aryl methyl sites for hydroxylation is 1. The van der Waals surface area contributed by atoms with E-state index in [1.807, 2.05) is 60.1 Å². The number of hydrogen-bond acceptors (Lipinski definition) is 7. The average Bonchev–Trinajstić information content (AvgIpc) is 3.20. The van der Waals surface area contributed by atoms with Crippen molar-refractivity contribution in [2.24, 2.45) is 0 Å². The number of carbonyl (C=O) groups excluding carboxylic acids is 1. The summed E-state index contributed by atoms with van der Waals surface area (Å²) in [6.07, 6.45) is 0.730. The van der Waals surface area contributed by atoms with Gasteiger partial charge in [-0.3, -0.25) is 4.79 Å². The number of thioether (sulfide) groups is 1. The number of carbonyl (C=O) groups is 1. The second kappa shape index (κ2) is 8.66. The Labute approximate surface area is 179 Å². The van der Waals surface area contributed by atoms with Crippen LogP contribution in [0.25, 0.3) is 0 Å². The van der Waals surface area contributed by atoms with Gasteiger partial charge in [0.15, 0.2) is 5.82 Å². The van der Waals surface area contributed by atoms with Crippen molar-refractivity contribution in [3.63, 3.8) is 0 Å². The molecule has 2 heterocycles. The highest BCUT2D eigenvalue weighted by Gasteiger charge is 2.38. The summed E-state index contributed by atoms with van der Waals surface area (Å²) in [7, 11) is 3.21. The van der Waals surface area contributed by atoms with Crippen molar-refractivity contribution in [2.75, 3.05) is 25.0 Å². The van der Waals surface area contributed by atoms with Gasteiger partial charge in [-0.15, -0.1) is 10.2 Å². The predicted molar refractivity (Wildman–Crippen MR) is 116 cm³/mol. The van der Waals surface area contributed by atoms with Gasteiger partial charge in [0.25, 0.3) is 0 Å². The highest BCUT2D eigenvalue weighted by atomic mass is 32.2. The number of rotatable bonds is 6.